The van der Waals surface area contributed by atoms with Crippen molar-refractivity contribution in [3.63, 3.8) is 0 Å². The van der Waals surface area contributed by atoms with E-state index >= 15 is 0 Å². The number of nitrogens with zero attached hydrogens (tertiary/aromatic N) is 2. The molecule has 3 rings (SSSR count). The fourth-order valence-corrected chi connectivity index (χ4v) is 4.20. The van der Waals surface area contributed by atoms with Crippen LogP contribution in [0.1, 0.15) is 41.1 Å². The van der Waals surface area contributed by atoms with Crippen molar-refractivity contribution in [2.24, 2.45) is 5.92 Å². The van der Waals surface area contributed by atoms with Crippen molar-refractivity contribution < 1.29 is 14.7 Å². The summed E-state index contributed by atoms with van der Waals surface area (Å²) in [6.45, 7) is 5.73. The van der Waals surface area contributed by atoms with Gasteiger partial charge >= 0.3 is 5.97 Å². The van der Waals surface area contributed by atoms with Crippen LogP contribution in [0.3, 0.4) is 0 Å². The molecule has 0 spiro atoms. The molecular weight excluding hydrogens is 390 g/mol. The molecule has 0 saturated carbocycles. The molecule has 2 atom stereocenters. The molecular formula is C21H23N3O4S. The number of carbonyl (C=O) groups is 2. The van der Waals surface area contributed by atoms with Gasteiger partial charge in [0.25, 0.3) is 11.5 Å². The summed E-state index contributed by atoms with van der Waals surface area (Å²) in [4.78, 5) is 42.4. The largest absolute Gasteiger partial charge is 0.480 e. The molecule has 2 unspecified atom stereocenters. The number of hydrogen-bond acceptors (Lipinski definition) is 5. The minimum atomic E-state index is -1.07. The number of rotatable bonds is 7. The summed E-state index contributed by atoms with van der Waals surface area (Å²) in [5.74, 6) is -1.78. The Bertz CT molecular complexity index is 1100. The van der Waals surface area contributed by atoms with E-state index in [1.807, 2.05) is 37.3 Å². The third-order valence-electron chi connectivity index (χ3n) is 5.08. The highest BCUT2D eigenvalue weighted by Crippen LogP contribution is 2.27. The van der Waals surface area contributed by atoms with Crippen molar-refractivity contribution in [1.29, 1.82) is 0 Å². The number of carbonyl (C=O) groups excluding carboxylic acids is 1. The first-order valence-corrected chi connectivity index (χ1v) is 10.2. The van der Waals surface area contributed by atoms with Gasteiger partial charge in [-0.25, -0.2) is 9.78 Å². The van der Waals surface area contributed by atoms with Crippen LogP contribution in [0.15, 0.2) is 41.5 Å². The van der Waals surface area contributed by atoms with Crippen molar-refractivity contribution in [2.75, 3.05) is 0 Å². The number of thiophene rings is 1. The summed E-state index contributed by atoms with van der Waals surface area (Å²) in [6, 6.07) is 8.58. The minimum absolute atomic E-state index is 0.215. The zero-order valence-electron chi connectivity index (χ0n) is 16.5. The van der Waals surface area contributed by atoms with Crippen molar-refractivity contribution in [3.8, 4) is 0 Å². The molecule has 2 aromatic heterocycles. The van der Waals surface area contributed by atoms with Crippen LogP contribution < -0.4 is 10.9 Å². The second kappa shape index (κ2) is 8.57. The molecule has 2 N–H and O–H groups in total. The van der Waals surface area contributed by atoms with Crippen LogP contribution in [0.2, 0.25) is 0 Å². The quantitative estimate of drug-likeness (QED) is 0.620. The van der Waals surface area contributed by atoms with E-state index in [9.17, 15) is 19.5 Å². The summed E-state index contributed by atoms with van der Waals surface area (Å²) >= 11 is 1.10. The molecule has 0 radical (unpaired) electrons. The maximum Gasteiger partial charge on any atom is 0.326 e. The Morgan fingerprint density at radius 3 is 2.59 bits per heavy atom. The first-order chi connectivity index (χ1) is 13.8. The van der Waals surface area contributed by atoms with Gasteiger partial charge in [-0.1, -0.05) is 50.6 Å². The average molecular weight is 413 g/mol. The Labute approximate surface area is 172 Å². The predicted octanol–water partition coefficient (Wildman–Crippen LogP) is 3.04. The normalized spacial score (nSPS) is 13.2. The van der Waals surface area contributed by atoms with Gasteiger partial charge in [0, 0.05) is 0 Å². The van der Waals surface area contributed by atoms with Crippen LogP contribution in [0.25, 0.3) is 10.2 Å². The Balaban J connectivity index is 1.95. The summed E-state index contributed by atoms with van der Waals surface area (Å²) in [6.07, 6.45) is 2.10. The first-order valence-electron chi connectivity index (χ1n) is 9.39. The fraction of sp³-hybridized carbons (Fsp3) is 0.333. The highest BCUT2D eigenvalue weighted by atomic mass is 32.1. The van der Waals surface area contributed by atoms with Crippen LogP contribution in [0.5, 0.6) is 0 Å². The first kappa shape index (κ1) is 20.7. The van der Waals surface area contributed by atoms with Gasteiger partial charge in [-0.2, -0.15) is 0 Å². The highest BCUT2D eigenvalue weighted by molar-refractivity contribution is 7.20. The number of fused-ring (bicyclic) bond motifs is 1. The molecule has 7 nitrogen and oxygen atoms in total. The number of nitrogens with one attached hydrogen (secondary N) is 1. The molecule has 3 aromatic rings. The van der Waals surface area contributed by atoms with Gasteiger partial charge in [0.1, 0.15) is 10.9 Å². The number of aromatic nitrogens is 2. The van der Waals surface area contributed by atoms with Crippen molar-refractivity contribution >= 4 is 33.4 Å². The minimum Gasteiger partial charge on any atom is -0.480 e. The Kier molecular flexibility index (Phi) is 6.12. The second-order valence-corrected chi connectivity index (χ2v) is 8.07. The number of benzene rings is 1. The van der Waals surface area contributed by atoms with Crippen LogP contribution in [-0.4, -0.2) is 32.6 Å². The summed E-state index contributed by atoms with van der Waals surface area (Å²) in [7, 11) is 0. The number of carboxylic acids is 1. The van der Waals surface area contributed by atoms with E-state index in [4.69, 9.17) is 0 Å². The van der Waals surface area contributed by atoms with Crippen molar-refractivity contribution in [2.45, 2.75) is 39.8 Å². The zero-order valence-corrected chi connectivity index (χ0v) is 17.3. The Morgan fingerprint density at radius 1 is 1.28 bits per heavy atom. The van der Waals surface area contributed by atoms with E-state index in [0.717, 1.165) is 16.9 Å². The third kappa shape index (κ3) is 4.22. The monoisotopic (exact) mass is 413 g/mol. The summed E-state index contributed by atoms with van der Waals surface area (Å²) in [5, 5.41) is 12.4. The molecule has 0 aliphatic rings. The smallest absolute Gasteiger partial charge is 0.326 e. The molecule has 0 fully saturated rings. The van der Waals surface area contributed by atoms with Gasteiger partial charge in [0.15, 0.2) is 0 Å². The molecule has 1 amide bonds. The fourth-order valence-electron chi connectivity index (χ4n) is 3.16. The Morgan fingerprint density at radius 2 is 1.97 bits per heavy atom. The van der Waals surface area contributed by atoms with Gasteiger partial charge in [-0.15, -0.1) is 11.3 Å². The topological polar surface area (TPSA) is 101 Å². The second-order valence-electron chi connectivity index (χ2n) is 7.07. The average Bonchev–Trinajstić information content (AvgIpc) is 3.05. The molecule has 0 bridgehead atoms. The van der Waals surface area contributed by atoms with Gasteiger partial charge in [-0.05, 0) is 24.0 Å². The lowest BCUT2D eigenvalue weighted by molar-refractivity contribution is -0.140. The van der Waals surface area contributed by atoms with E-state index in [-0.39, 0.29) is 11.5 Å². The Hall–Kier alpha value is -3.00. The number of carboxylic acid groups (broad SMARTS) is 1. The summed E-state index contributed by atoms with van der Waals surface area (Å²) < 4.78 is 1.51. The molecule has 0 saturated heterocycles. The van der Waals surface area contributed by atoms with Gasteiger partial charge in [-0.3, -0.25) is 14.2 Å². The van der Waals surface area contributed by atoms with Crippen LogP contribution >= 0.6 is 11.3 Å². The highest BCUT2D eigenvalue weighted by Gasteiger charge is 2.28. The molecule has 0 aliphatic carbocycles. The van der Waals surface area contributed by atoms with Gasteiger partial charge < -0.3 is 10.4 Å². The molecule has 1 aromatic carbocycles. The zero-order chi connectivity index (χ0) is 21.1. The van der Waals surface area contributed by atoms with Crippen molar-refractivity contribution in [1.82, 2.24) is 14.9 Å². The SMILES string of the molecule is CCC(C)C(NC(=O)c1sc2ncn(Cc3ccccc3)c(=O)c2c1C)C(=O)O. The lowest BCUT2D eigenvalue weighted by Crippen LogP contribution is -2.44. The molecule has 29 heavy (non-hydrogen) atoms. The lowest BCUT2D eigenvalue weighted by Gasteiger charge is -2.19. The van der Waals surface area contributed by atoms with E-state index in [0.29, 0.717) is 33.6 Å². The number of aliphatic carboxylic acids is 1. The lowest BCUT2D eigenvalue weighted by atomic mass is 9.99. The molecule has 8 heteroatoms. The molecule has 152 valence electrons. The van der Waals surface area contributed by atoms with Crippen LogP contribution in [0.4, 0.5) is 0 Å². The van der Waals surface area contributed by atoms with Crippen LogP contribution in [0, 0.1) is 12.8 Å². The number of amides is 1. The third-order valence-corrected chi connectivity index (χ3v) is 6.28. The van der Waals surface area contributed by atoms with E-state index < -0.39 is 17.9 Å². The number of aryl methyl sites for hydroxylation is 1. The molecule has 2 heterocycles. The standard InChI is InChI=1S/C21H23N3O4S/c1-4-12(2)16(21(27)28)23-18(25)17-13(3)15-19(29-17)22-11-24(20(15)26)10-14-8-6-5-7-9-14/h5-9,11-12,16H,4,10H2,1-3H3,(H,23,25)(H,27,28). The van der Waals surface area contributed by atoms with Crippen molar-refractivity contribution in [3.05, 3.63) is 63.0 Å². The maximum atomic E-state index is 13.0. The maximum absolute atomic E-state index is 13.0. The van der Waals surface area contributed by atoms with Gasteiger partial charge in [0.2, 0.25) is 0 Å². The number of hydrogen-bond donors (Lipinski definition) is 2. The van der Waals surface area contributed by atoms with E-state index in [1.165, 1.54) is 10.9 Å². The van der Waals surface area contributed by atoms with Gasteiger partial charge in [0.05, 0.1) is 23.1 Å². The van der Waals surface area contributed by atoms with E-state index in [2.05, 4.69) is 10.3 Å². The summed E-state index contributed by atoms with van der Waals surface area (Å²) in [5.41, 5.74) is 1.28. The molecule has 0 aliphatic heterocycles. The van der Waals surface area contributed by atoms with Crippen LogP contribution in [-0.2, 0) is 11.3 Å². The predicted molar refractivity (Wildman–Crippen MR) is 113 cm³/mol. The van der Waals surface area contributed by atoms with E-state index in [1.54, 1.807) is 13.8 Å².